The number of nitrogens with zero attached hydrogens (tertiary/aromatic N) is 2. The van der Waals surface area contributed by atoms with Crippen molar-refractivity contribution in [3.8, 4) is 11.1 Å². The standard InChI is InChI=1S/C26H38FN5O2/c1-18(17-33-2)31-21-3-5-22(6-4-21)32-26-12-24(25(27)16-30-26)20-11-23(15-28-14-20)29-13-19-7-9-34-10-8-19/h11-12,14-16,18-19,21-22,29,31H,3-10,13,17H2,1-2H3,(H,30,32)/t18-,21-,22-/m0/s1. The van der Waals surface area contributed by atoms with Gasteiger partial charge in [-0.1, -0.05) is 0 Å². The van der Waals surface area contributed by atoms with Gasteiger partial charge in [-0.2, -0.15) is 0 Å². The van der Waals surface area contributed by atoms with Crippen molar-refractivity contribution in [3.05, 3.63) is 36.5 Å². The maximum Gasteiger partial charge on any atom is 0.149 e. The van der Waals surface area contributed by atoms with Gasteiger partial charge in [-0.3, -0.25) is 4.98 Å². The van der Waals surface area contributed by atoms with Crippen molar-refractivity contribution in [1.29, 1.82) is 0 Å². The van der Waals surface area contributed by atoms with Gasteiger partial charge in [-0.15, -0.1) is 0 Å². The molecular formula is C26H38FN5O2. The number of rotatable bonds is 10. The number of hydrogen-bond acceptors (Lipinski definition) is 7. The van der Waals surface area contributed by atoms with Crippen LogP contribution < -0.4 is 16.0 Å². The van der Waals surface area contributed by atoms with Crippen LogP contribution in [-0.4, -0.2) is 61.6 Å². The number of aromatic nitrogens is 2. The Morgan fingerprint density at radius 2 is 1.82 bits per heavy atom. The van der Waals surface area contributed by atoms with E-state index in [-0.39, 0.29) is 5.82 Å². The van der Waals surface area contributed by atoms with Crippen molar-refractivity contribution < 1.29 is 13.9 Å². The van der Waals surface area contributed by atoms with Crippen LogP contribution in [0.3, 0.4) is 0 Å². The van der Waals surface area contributed by atoms with Crippen molar-refractivity contribution in [3.63, 3.8) is 0 Å². The zero-order valence-electron chi connectivity index (χ0n) is 20.4. The highest BCUT2D eigenvalue weighted by molar-refractivity contribution is 5.69. The summed E-state index contributed by atoms with van der Waals surface area (Å²) in [5.74, 6) is 0.967. The first kappa shape index (κ1) is 24.8. The van der Waals surface area contributed by atoms with Crippen molar-refractivity contribution in [1.82, 2.24) is 15.3 Å². The van der Waals surface area contributed by atoms with Gasteiger partial charge in [0.05, 0.1) is 18.5 Å². The Balaban J connectivity index is 1.34. The molecule has 0 amide bonds. The molecule has 3 N–H and O–H groups in total. The quantitative estimate of drug-likeness (QED) is 0.472. The third-order valence-corrected chi connectivity index (χ3v) is 6.86. The summed E-state index contributed by atoms with van der Waals surface area (Å²) < 4.78 is 25.4. The minimum absolute atomic E-state index is 0.339. The molecule has 34 heavy (non-hydrogen) atoms. The van der Waals surface area contributed by atoms with Gasteiger partial charge >= 0.3 is 0 Å². The minimum Gasteiger partial charge on any atom is -0.384 e. The van der Waals surface area contributed by atoms with E-state index >= 15 is 0 Å². The molecule has 2 aliphatic rings. The summed E-state index contributed by atoms with van der Waals surface area (Å²) in [6.07, 6.45) is 11.3. The molecule has 8 heteroatoms. The monoisotopic (exact) mass is 471 g/mol. The molecule has 2 aromatic heterocycles. The van der Waals surface area contributed by atoms with Gasteiger partial charge in [0.15, 0.2) is 0 Å². The van der Waals surface area contributed by atoms with E-state index in [1.807, 2.05) is 6.07 Å². The predicted molar refractivity (Wildman–Crippen MR) is 134 cm³/mol. The van der Waals surface area contributed by atoms with Crippen LogP contribution in [0.15, 0.2) is 30.7 Å². The molecule has 1 aliphatic heterocycles. The molecule has 2 aromatic rings. The molecule has 3 heterocycles. The van der Waals surface area contributed by atoms with E-state index in [1.54, 1.807) is 25.6 Å². The highest BCUT2D eigenvalue weighted by Crippen LogP contribution is 2.28. The van der Waals surface area contributed by atoms with Gasteiger partial charge in [0.1, 0.15) is 11.6 Å². The Morgan fingerprint density at radius 1 is 1.06 bits per heavy atom. The molecule has 0 spiro atoms. The second kappa shape index (κ2) is 12.4. The maximum absolute atomic E-state index is 14.7. The van der Waals surface area contributed by atoms with Crippen molar-refractivity contribution in [2.75, 3.05) is 44.1 Å². The van der Waals surface area contributed by atoms with E-state index in [4.69, 9.17) is 9.47 Å². The second-order valence-corrected chi connectivity index (χ2v) is 9.66. The van der Waals surface area contributed by atoms with E-state index in [2.05, 4.69) is 32.8 Å². The van der Waals surface area contributed by atoms with Gasteiger partial charge in [0, 0.05) is 68.5 Å². The Kier molecular flexibility index (Phi) is 9.07. The topological polar surface area (TPSA) is 80.3 Å². The predicted octanol–water partition coefficient (Wildman–Crippen LogP) is 4.47. The van der Waals surface area contributed by atoms with Gasteiger partial charge in [-0.05, 0) is 63.5 Å². The Bertz CT molecular complexity index is 901. The van der Waals surface area contributed by atoms with Crippen LogP contribution in [-0.2, 0) is 9.47 Å². The number of ether oxygens (including phenoxy) is 2. The van der Waals surface area contributed by atoms with E-state index in [9.17, 15) is 4.39 Å². The molecule has 0 unspecified atom stereocenters. The first-order valence-electron chi connectivity index (χ1n) is 12.5. The number of nitrogens with one attached hydrogen (secondary N) is 3. The summed E-state index contributed by atoms with van der Waals surface area (Å²) in [5.41, 5.74) is 2.17. The summed E-state index contributed by atoms with van der Waals surface area (Å²) in [5, 5.41) is 10.6. The van der Waals surface area contributed by atoms with Gasteiger partial charge < -0.3 is 25.4 Å². The lowest BCUT2D eigenvalue weighted by atomic mass is 9.90. The van der Waals surface area contributed by atoms with Crippen molar-refractivity contribution in [2.24, 2.45) is 5.92 Å². The smallest absolute Gasteiger partial charge is 0.149 e. The molecule has 0 bridgehead atoms. The number of anilines is 2. The molecule has 0 aromatic carbocycles. The minimum atomic E-state index is -0.339. The van der Waals surface area contributed by atoms with Gasteiger partial charge in [0.2, 0.25) is 0 Å². The molecule has 186 valence electrons. The van der Waals surface area contributed by atoms with Crippen molar-refractivity contribution >= 4 is 11.5 Å². The first-order valence-corrected chi connectivity index (χ1v) is 12.5. The summed E-state index contributed by atoms with van der Waals surface area (Å²) in [6.45, 7) is 5.41. The van der Waals surface area contributed by atoms with Crippen LogP contribution >= 0.6 is 0 Å². The first-order chi connectivity index (χ1) is 16.6. The number of halogens is 1. The summed E-state index contributed by atoms with van der Waals surface area (Å²) >= 11 is 0. The number of hydrogen-bond donors (Lipinski definition) is 3. The van der Waals surface area contributed by atoms with E-state index in [0.29, 0.717) is 35.4 Å². The number of pyridine rings is 2. The van der Waals surface area contributed by atoms with Crippen LogP contribution in [0, 0.1) is 11.7 Å². The zero-order chi connectivity index (χ0) is 23.8. The lowest BCUT2D eigenvalue weighted by Gasteiger charge is -2.31. The fraction of sp³-hybridized carbons (Fsp3) is 0.615. The van der Waals surface area contributed by atoms with E-state index < -0.39 is 0 Å². The van der Waals surface area contributed by atoms with Gasteiger partial charge in [0.25, 0.3) is 0 Å². The average molecular weight is 472 g/mol. The molecule has 7 nitrogen and oxygen atoms in total. The fourth-order valence-electron chi connectivity index (χ4n) is 4.95. The summed E-state index contributed by atoms with van der Waals surface area (Å²) in [4.78, 5) is 8.65. The Morgan fingerprint density at radius 3 is 2.59 bits per heavy atom. The van der Waals surface area contributed by atoms with Crippen molar-refractivity contribution in [2.45, 2.75) is 63.6 Å². The lowest BCUT2D eigenvalue weighted by Crippen LogP contribution is -2.42. The molecule has 1 saturated heterocycles. The third kappa shape index (κ3) is 7.10. The molecule has 1 atom stereocenters. The molecule has 1 saturated carbocycles. The highest BCUT2D eigenvalue weighted by Gasteiger charge is 2.23. The molecule has 0 radical (unpaired) electrons. The number of methoxy groups -OCH3 is 1. The van der Waals surface area contributed by atoms with E-state index in [0.717, 1.165) is 76.1 Å². The maximum atomic E-state index is 14.7. The second-order valence-electron chi connectivity index (χ2n) is 9.66. The zero-order valence-corrected chi connectivity index (χ0v) is 20.4. The highest BCUT2D eigenvalue weighted by atomic mass is 19.1. The molecular weight excluding hydrogens is 433 g/mol. The Labute approximate surface area is 202 Å². The SMILES string of the molecule is COC[C@H](C)N[C@H]1CC[C@H](Nc2cc(-c3cncc(NCC4CCOCC4)c3)c(F)cn2)CC1. The van der Waals surface area contributed by atoms with Crippen LogP contribution in [0.2, 0.25) is 0 Å². The average Bonchev–Trinajstić information content (AvgIpc) is 2.86. The molecule has 2 fully saturated rings. The van der Waals surface area contributed by atoms with Crippen LogP contribution in [0.25, 0.3) is 11.1 Å². The molecule has 1 aliphatic carbocycles. The normalized spacial score (nSPS) is 22.3. The summed E-state index contributed by atoms with van der Waals surface area (Å²) in [7, 11) is 1.74. The lowest BCUT2D eigenvalue weighted by molar-refractivity contribution is 0.0699. The fourth-order valence-corrected chi connectivity index (χ4v) is 4.95. The van der Waals surface area contributed by atoms with Crippen LogP contribution in [0.1, 0.15) is 45.4 Å². The van der Waals surface area contributed by atoms with Crippen LogP contribution in [0.5, 0.6) is 0 Å². The molecule has 4 rings (SSSR count). The van der Waals surface area contributed by atoms with Gasteiger partial charge in [-0.25, -0.2) is 9.37 Å². The van der Waals surface area contributed by atoms with Crippen LogP contribution in [0.4, 0.5) is 15.9 Å². The third-order valence-electron chi connectivity index (χ3n) is 6.86. The van der Waals surface area contributed by atoms with E-state index in [1.165, 1.54) is 6.20 Å². The Hall–Kier alpha value is -2.29. The largest absolute Gasteiger partial charge is 0.384 e. The summed E-state index contributed by atoms with van der Waals surface area (Å²) in [6, 6.07) is 4.98.